The third-order valence-electron chi connectivity index (χ3n) is 4.12. The lowest BCUT2D eigenvalue weighted by atomic mass is 10.1. The Balaban J connectivity index is 0.00000121. The van der Waals surface area contributed by atoms with Gasteiger partial charge in [0, 0.05) is 17.6 Å². The summed E-state index contributed by atoms with van der Waals surface area (Å²) in [7, 11) is 0. The molecular weight excluding hydrogens is 395 g/mol. The predicted octanol–water partition coefficient (Wildman–Crippen LogP) is 2.81. The zero-order valence-electron chi connectivity index (χ0n) is 14.2. The van der Waals surface area contributed by atoms with Crippen LogP contribution in [0, 0.1) is 0 Å². The lowest BCUT2D eigenvalue weighted by molar-refractivity contribution is 0.197. The standard InChI is InChI=1S/C17H18N4O2S.2ClH/c1-11(23-12-3-2-5-18-7-12)9-21-10-20-16-15(17(21)22)13-4-6-19-8-14(13)24-16;;/h2-3,5,7,10-11,19H,4,6,8-9H2,1H3;2*1H. The molecule has 3 aromatic rings. The highest BCUT2D eigenvalue weighted by atomic mass is 35.5. The van der Waals surface area contributed by atoms with Crippen molar-refractivity contribution < 1.29 is 4.74 Å². The first-order valence-corrected chi connectivity index (χ1v) is 8.81. The van der Waals surface area contributed by atoms with Gasteiger partial charge in [-0.1, -0.05) is 0 Å². The fourth-order valence-corrected chi connectivity index (χ4v) is 4.19. The van der Waals surface area contributed by atoms with Gasteiger partial charge in [-0.15, -0.1) is 36.2 Å². The molecule has 1 unspecified atom stereocenters. The second kappa shape index (κ2) is 8.81. The van der Waals surface area contributed by atoms with Crippen LogP contribution in [0.25, 0.3) is 10.2 Å². The molecule has 9 heteroatoms. The van der Waals surface area contributed by atoms with Crippen molar-refractivity contribution in [2.24, 2.45) is 0 Å². The molecule has 0 saturated carbocycles. The molecule has 1 atom stereocenters. The van der Waals surface area contributed by atoms with E-state index < -0.39 is 0 Å². The Morgan fingerprint density at radius 1 is 1.42 bits per heavy atom. The molecule has 3 aromatic heterocycles. The number of ether oxygens (including phenoxy) is 1. The molecule has 0 spiro atoms. The minimum Gasteiger partial charge on any atom is -0.487 e. The van der Waals surface area contributed by atoms with Crippen molar-refractivity contribution in [3.8, 4) is 5.75 Å². The number of rotatable bonds is 4. The van der Waals surface area contributed by atoms with Crippen LogP contribution in [0.1, 0.15) is 17.4 Å². The first-order valence-electron chi connectivity index (χ1n) is 7.99. The van der Waals surface area contributed by atoms with Gasteiger partial charge in [0.1, 0.15) is 16.7 Å². The minimum absolute atomic E-state index is 0. The number of thiophene rings is 1. The maximum atomic E-state index is 12.9. The number of hydrogen-bond donors (Lipinski definition) is 1. The molecule has 140 valence electrons. The van der Waals surface area contributed by atoms with Crippen LogP contribution in [0.3, 0.4) is 0 Å². The Bertz CT molecular complexity index is 930. The van der Waals surface area contributed by atoms with Crippen LogP contribution in [0.4, 0.5) is 0 Å². The number of nitrogens with one attached hydrogen (secondary N) is 1. The van der Waals surface area contributed by atoms with Crippen LogP contribution in [-0.4, -0.2) is 27.2 Å². The van der Waals surface area contributed by atoms with Crippen molar-refractivity contribution in [3.05, 3.63) is 51.6 Å². The molecule has 4 rings (SSSR count). The fraction of sp³-hybridized carbons (Fsp3) is 0.353. The molecule has 0 bridgehead atoms. The summed E-state index contributed by atoms with van der Waals surface area (Å²) < 4.78 is 7.47. The summed E-state index contributed by atoms with van der Waals surface area (Å²) in [5.41, 5.74) is 1.20. The highest BCUT2D eigenvalue weighted by Crippen LogP contribution is 2.29. The third-order valence-corrected chi connectivity index (χ3v) is 5.26. The van der Waals surface area contributed by atoms with E-state index in [-0.39, 0.29) is 36.5 Å². The van der Waals surface area contributed by atoms with E-state index in [1.54, 1.807) is 34.6 Å². The molecule has 26 heavy (non-hydrogen) atoms. The van der Waals surface area contributed by atoms with E-state index in [1.807, 2.05) is 19.1 Å². The second-order valence-corrected chi connectivity index (χ2v) is 7.01. The summed E-state index contributed by atoms with van der Waals surface area (Å²) in [4.78, 5) is 23.5. The molecule has 4 heterocycles. The molecule has 0 fully saturated rings. The summed E-state index contributed by atoms with van der Waals surface area (Å²) in [5, 5.41) is 4.13. The van der Waals surface area contributed by atoms with E-state index in [9.17, 15) is 4.79 Å². The van der Waals surface area contributed by atoms with Gasteiger partial charge in [-0.05, 0) is 37.6 Å². The average molecular weight is 415 g/mol. The summed E-state index contributed by atoms with van der Waals surface area (Å²) in [6.07, 6.45) is 5.74. The molecule has 0 saturated heterocycles. The molecule has 1 N–H and O–H groups in total. The monoisotopic (exact) mass is 414 g/mol. The molecule has 0 amide bonds. The molecule has 0 aliphatic carbocycles. The van der Waals surface area contributed by atoms with Crippen molar-refractivity contribution >= 4 is 46.4 Å². The van der Waals surface area contributed by atoms with Crippen LogP contribution < -0.4 is 15.6 Å². The van der Waals surface area contributed by atoms with Crippen LogP contribution >= 0.6 is 36.2 Å². The zero-order valence-corrected chi connectivity index (χ0v) is 16.6. The zero-order chi connectivity index (χ0) is 16.5. The lowest BCUT2D eigenvalue weighted by Crippen LogP contribution is -2.29. The maximum absolute atomic E-state index is 12.9. The number of fused-ring (bicyclic) bond motifs is 3. The Hall–Kier alpha value is -1.67. The van der Waals surface area contributed by atoms with Gasteiger partial charge >= 0.3 is 0 Å². The SMILES string of the molecule is CC(Cn1cnc2sc3c(c2c1=O)CCNC3)Oc1cccnc1.Cl.Cl. The fourth-order valence-electron chi connectivity index (χ4n) is 3.04. The average Bonchev–Trinajstić information content (AvgIpc) is 2.97. The summed E-state index contributed by atoms with van der Waals surface area (Å²) in [6, 6.07) is 3.68. The molecule has 1 aliphatic heterocycles. The molecule has 1 aliphatic rings. The van der Waals surface area contributed by atoms with Crippen LogP contribution in [0.5, 0.6) is 5.75 Å². The Kier molecular flexibility index (Phi) is 7.00. The minimum atomic E-state index is -0.151. The van der Waals surface area contributed by atoms with Crippen molar-refractivity contribution in [3.63, 3.8) is 0 Å². The Morgan fingerprint density at radius 3 is 3.04 bits per heavy atom. The topological polar surface area (TPSA) is 69.0 Å². The largest absolute Gasteiger partial charge is 0.487 e. The van der Waals surface area contributed by atoms with E-state index in [4.69, 9.17) is 4.74 Å². The van der Waals surface area contributed by atoms with Gasteiger partial charge in [-0.25, -0.2) is 4.98 Å². The molecule has 0 radical (unpaired) electrons. The molecule has 6 nitrogen and oxygen atoms in total. The van der Waals surface area contributed by atoms with Crippen molar-refractivity contribution in [2.45, 2.75) is 32.5 Å². The smallest absolute Gasteiger partial charge is 0.262 e. The van der Waals surface area contributed by atoms with Gasteiger partial charge in [0.2, 0.25) is 0 Å². The third kappa shape index (κ3) is 4.01. The number of nitrogens with zero attached hydrogens (tertiary/aromatic N) is 3. The number of aromatic nitrogens is 3. The number of pyridine rings is 1. The first kappa shape index (κ1) is 20.6. The van der Waals surface area contributed by atoms with E-state index >= 15 is 0 Å². The second-order valence-electron chi connectivity index (χ2n) is 5.93. The van der Waals surface area contributed by atoms with Crippen molar-refractivity contribution in [1.29, 1.82) is 0 Å². The van der Waals surface area contributed by atoms with Gasteiger partial charge < -0.3 is 10.1 Å². The van der Waals surface area contributed by atoms with E-state index in [1.165, 1.54) is 10.4 Å². The van der Waals surface area contributed by atoms with Crippen molar-refractivity contribution in [1.82, 2.24) is 19.9 Å². The predicted molar refractivity (Wildman–Crippen MR) is 108 cm³/mol. The maximum Gasteiger partial charge on any atom is 0.262 e. The van der Waals surface area contributed by atoms with Gasteiger partial charge in [-0.2, -0.15) is 0 Å². The van der Waals surface area contributed by atoms with Gasteiger partial charge in [-0.3, -0.25) is 14.3 Å². The molecule has 0 aromatic carbocycles. The van der Waals surface area contributed by atoms with Gasteiger partial charge in [0.15, 0.2) is 0 Å². The highest BCUT2D eigenvalue weighted by Gasteiger charge is 2.20. The van der Waals surface area contributed by atoms with Crippen LogP contribution in [-0.2, 0) is 19.5 Å². The number of halogens is 2. The van der Waals surface area contributed by atoms with Crippen LogP contribution in [0.15, 0.2) is 35.6 Å². The molecular formula is C17H20Cl2N4O2S. The number of hydrogen-bond acceptors (Lipinski definition) is 6. The van der Waals surface area contributed by atoms with Crippen LogP contribution in [0.2, 0.25) is 0 Å². The lowest BCUT2D eigenvalue weighted by Gasteiger charge is -2.16. The Labute approximate surface area is 167 Å². The van der Waals surface area contributed by atoms with Gasteiger partial charge in [0.05, 0.1) is 24.5 Å². The first-order chi connectivity index (χ1) is 11.7. The summed E-state index contributed by atoms with van der Waals surface area (Å²) >= 11 is 1.62. The Morgan fingerprint density at radius 2 is 2.27 bits per heavy atom. The van der Waals surface area contributed by atoms with Crippen molar-refractivity contribution in [2.75, 3.05) is 6.54 Å². The summed E-state index contributed by atoms with van der Waals surface area (Å²) in [5.74, 6) is 0.700. The van der Waals surface area contributed by atoms with E-state index in [0.717, 1.165) is 29.7 Å². The normalized spacial score (nSPS) is 14.0. The summed E-state index contributed by atoms with van der Waals surface area (Å²) in [6.45, 7) is 4.14. The van der Waals surface area contributed by atoms with E-state index in [0.29, 0.717) is 12.3 Å². The quantitative estimate of drug-likeness (QED) is 0.710. The van der Waals surface area contributed by atoms with E-state index in [2.05, 4.69) is 15.3 Å². The highest BCUT2D eigenvalue weighted by molar-refractivity contribution is 7.18. The van der Waals surface area contributed by atoms with Gasteiger partial charge in [0.25, 0.3) is 5.56 Å².